The molecule has 0 radical (unpaired) electrons. The highest BCUT2D eigenvalue weighted by Crippen LogP contribution is 2.26. The van der Waals surface area contributed by atoms with Crippen molar-refractivity contribution in [1.82, 2.24) is 18.4 Å². The monoisotopic (exact) mass is 475 g/mol. The van der Waals surface area contributed by atoms with E-state index in [1.54, 1.807) is 0 Å². The lowest BCUT2D eigenvalue weighted by Gasteiger charge is -2.30. The molecule has 1 amide bonds. The maximum Gasteiger partial charge on any atom is 0.332 e. The van der Waals surface area contributed by atoms with E-state index >= 15 is 0 Å². The Morgan fingerprint density at radius 2 is 1.79 bits per heavy atom. The van der Waals surface area contributed by atoms with E-state index in [1.165, 1.54) is 53.4 Å². The van der Waals surface area contributed by atoms with Crippen LogP contribution in [0.25, 0.3) is 11.0 Å². The van der Waals surface area contributed by atoms with Gasteiger partial charge in [0.25, 0.3) is 5.56 Å². The van der Waals surface area contributed by atoms with Crippen LogP contribution in [0.5, 0.6) is 0 Å². The molecular formula is C21H22FN5O5S. The van der Waals surface area contributed by atoms with E-state index in [2.05, 4.69) is 10.3 Å². The maximum atomic E-state index is 14.0. The molecule has 174 valence electrons. The van der Waals surface area contributed by atoms with Crippen molar-refractivity contribution in [2.45, 2.75) is 17.7 Å². The van der Waals surface area contributed by atoms with Gasteiger partial charge < -0.3 is 5.32 Å². The zero-order valence-electron chi connectivity index (χ0n) is 18.0. The number of rotatable bonds is 4. The number of nitrogens with zero attached hydrogens (tertiary/aromatic N) is 4. The smallest absolute Gasteiger partial charge is 0.324 e. The lowest BCUT2D eigenvalue weighted by atomic mass is 9.97. The van der Waals surface area contributed by atoms with Gasteiger partial charge in [-0.2, -0.15) is 4.31 Å². The van der Waals surface area contributed by atoms with Crippen LogP contribution in [0, 0.1) is 11.7 Å². The molecule has 1 N–H and O–H groups in total. The van der Waals surface area contributed by atoms with E-state index in [9.17, 15) is 27.2 Å². The summed E-state index contributed by atoms with van der Waals surface area (Å²) in [5.74, 6) is -1.61. The number of carbonyl (C=O) groups is 1. The molecule has 0 spiro atoms. The third-order valence-electron chi connectivity index (χ3n) is 5.84. The SMILES string of the molecule is Cn1c(=O)c2cc(NC(=O)C3CCN(S(=O)(=O)c4ccccc4F)CC3)cnc2n(C)c1=O. The molecule has 1 saturated heterocycles. The lowest BCUT2D eigenvalue weighted by molar-refractivity contribution is -0.120. The number of benzene rings is 1. The Kier molecular flexibility index (Phi) is 5.89. The number of hydrogen-bond acceptors (Lipinski definition) is 6. The Bertz CT molecular complexity index is 1470. The third kappa shape index (κ3) is 4.07. The molecule has 33 heavy (non-hydrogen) atoms. The predicted octanol–water partition coefficient (Wildman–Crippen LogP) is 0.811. The number of piperidine rings is 1. The van der Waals surface area contributed by atoms with E-state index in [0.717, 1.165) is 10.6 Å². The van der Waals surface area contributed by atoms with Crippen molar-refractivity contribution in [2.75, 3.05) is 18.4 Å². The first-order valence-corrected chi connectivity index (χ1v) is 11.7. The zero-order valence-corrected chi connectivity index (χ0v) is 18.8. The van der Waals surface area contributed by atoms with Crippen LogP contribution in [-0.4, -0.2) is 45.8 Å². The summed E-state index contributed by atoms with van der Waals surface area (Å²) in [6, 6.07) is 6.65. The quantitative estimate of drug-likeness (QED) is 0.596. The van der Waals surface area contributed by atoms with E-state index in [4.69, 9.17) is 0 Å². The van der Waals surface area contributed by atoms with Crippen LogP contribution < -0.4 is 16.6 Å². The van der Waals surface area contributed by atoms with Gasteiger partial charge >= 0.3 is 5.69 Å². The fourth-order valence-corrected chi connectivity index (χ4v) is 5.46. The highest BCUT2D eigenvalue weighted by molar-refractivity contribution is 7.89. The Balaban J connectivity index is 1.48. The average molecular weight is 476 g/mol. The van der Waals surface area contributed by atoms with Crippen molar-refractivity contribution >= 4 is 32.7 Å². The first-order valence-electron chi connectivity index (χ1n) is 10.2. The van der Waals surface area contributed by atoms with Crippen molar-refractivity contribution in [3.05, 3.63) is 63.2 Å². The average Bonchev–Trinajstić information content (AvgIpc) is 2.81. The second-order valence-electron chi connectivity index (χ2n) is 7.90. The number of hydrogen-bond donors (Lipinski definition) is 1. The van der Waals surface area contributed by atoms with Gasteiger partial charge in [-0.1, -0.05) is 12.1 Å². The predicted molar refractivity (Wildman–Crippen MR) is 119 cm³/mol. The minimum absolute atomic E-state index is 0.0768. The maximum absolute atomic E-state index is 14.0. The van der Waals surface area contributed by atoms with Crippen molar-refractivity contribution < 1.29 is 17.6 Å². The molecule has 1 aliphatic rings. The largest absolute Gasteiger partial charge is 0.332 e. The molecule has 0 aliphatic carbocycles. The van der Waals surface area contributed by atoms with Gasteiger partial charge in [-0.15, -0.1) is 0 Å². The van der Waals surface area contributed by atoms with Crippen LogP contribution in [0.3, 0.4) is 0 Å². The molecular weight excluding hydrogens is 453 g/mol. The van der Waals surface area contributed by atoms with Gasteiger partial charge in [0.2, 0.25) is 15.9 Å². The number of halogens is 1. The summed E-state index contributed by atoms with van der Waals surface area (Å²) in [5.41, 5.74) is -0.533. The van der Waals surface area contributed by atoms with Crippen molar-refractivity contribution in [3.8, 4) is 0 Å². The van der Waals surface area contributed by atoms with E-state index in [-0.39, 0.29) is 47.8 Å². The van der Waals surface area contributed by atoms with E-state index in [1.807, 2.05) is 0 Å². The molecule has 4 rings (SSSR count). The lowest BCUT2D eigenvalue weighted by Crippen LogP contribution is -2.41. The first-order chi connectivity index (χ1) is 15.6. The molecule has 2 aromatic heterocycles. The van der Waals surface area contributed by atoms with Crippen LogP contribution >= 0.6 is 0 Å². The van der Waals surface area contributed by atoms with Gasteiger partial charge in [0.1, 0.15) is 16.4 Å². The first kappa shape index (κ1) is 22.8. The number of nitrogens with one attached hydrogen (secondary N) is 1. The van der Waals surface area contributed by atoms with Crippen LogP contribution in [-0.2, 0) is 28.9 Å². The highest BCUT2D eigenvalue weighted by atomic mass is 32.2. The second kappa shape index (κ2) is 8.52. The van der Waals surface area contributed by atoms with Crippen molar-refractivity contribution in [1.29, 1.82) is 0 Å². The Labute approximate surface area is 188 Å². The standard InChI is InChI=1S/C21H22FN5O5S/c1-25-18-15(20(29)26(2)21(25)30)11-14(12-23-18)24-19(28)13-7-9-27(10-8-13)33(31,32)17-6-4-3-5-16(17)22/h3-6,11-13H,7-10H2,1-2H3,(H,24,28). The van der Waals surface area contributed by atoms with E-state index < -0.39 is 33.0 Å². The molecule has 0 bridgehead atoms. The van der Waals surface area contributed by atoms with Gasteiger partial charge in [-0.3, -0.25) is 18.7 Å². The van der Waals surface area contributed by atoms with Crippen LogP contribution in [0.4, 0.5) is 10.1 Å². The van der Waals surface area contributed by atoms with Gasteiger partial charge in [0, 0.05) is 33.1 Å². The molecule has 3 aromatic rings. The highest BCUT2D eigenvalue weighted by Gasteiger charge is 2.33. The Hall–Kier alpha value is -3.38. The number of carbonyl (C=O) groups excluding carboxylic acids is 1. The zero-order chi connectivity index (χ0) is 23.9. The van der Waals surface area contributed by atoms with Gasteiger partial charge in [-0.05, 0) is 31.0 Å². The summed E-state index contributed by atoms with van der Waals surface area (Å²) in [6.45, 7) is 0.154. The van der Waals surface area contributed by atoms with Gasteiger partial charge in [-0.25, -0.2) is 22.6 Å². The van der Waals surface area contributed by atoms with Crippen LogP contribution in [0.1, 0.15) is 12.8 Å². The second-order valence-corrected chi connectivity index (χ2v) is 9.81. The minimum Gasteiger partial charge on any atom is -0.324 e. The normalized spacial score (nSPS) is 15.6. The molecule has 1 aromatic carbocycles. The Morgan fingerprint density at radius 1 is 1.12 bits per heavy atom. The molecule has 0 saturated carbocycles. The molecule has 10 nitrogen and oxygen atoms in total. The molecule has 1 aliphatic heterocycles. The van der Waals surface area contributed by atoms with Crippen molar-refractivity contribution in [3.63, 3.8) is 0 Å². The van der Waals surface area contributed by atoms with Crippen LogP contribution in [0.15, 0.2) is 51.0 Å². The van der Waals surface area contributed by atoms with Crippen LogP contribution in [0.2, 0.25) is 0 Å². The molecule has 0 atom stereocenters. The van der Waals surface area contributed by atoms with Gasteiger partial charge in [0.05, 0.1) is 17.3 Å². The topological polar surface area (TPSA) is 123 Å². The number of amides is 1. The number of aryl methyl sites for hydroxylation is 1. The fourth-order valence-electron chi connectivity index (χ4n) is 3.93. The third-order valence-corrected chi connectivity index (χ3v) is 7.77. The van der Waals surface area contributed by atoms with Crippen molar-refractivity contribution in [2.24, 2.45) is 20.0 Å². The number of aromatic nitrogens is 3. The van der Waals surface area contributed by atoms with Gasteiger partial charge in [0.15, 0.2) is 0 Å². The summed E-state index contributed by atoms with van der Waals surface area (Å²) in [6.07, 6.45) is 1.88. The summed E-state index contributed by atoms with van der Waals surface area (Å²) in [4.78, 5) is 41.0. The molecule has 0 unspecified atom stereocenters. The Morgan fingerprint density at radius 3 is 2.45 bits per heavy atom. The molecule has 1 fully saturated rings. The van der Waals surface area contributed by atoms with E-state index in [0.29, 0.717) is 5.69 Å². The molecule has 12 heteroatoms. The fraction of sp³-hybridized carbons (Fsp3) is 0.333. The number of sulfonamides is 1. The number of fused-ring (bicyclic) bond motifs is 1. The number of anilines is 1. The number of pyridine rings is 1. The minimum atomic E-state index is -3.99. The molecule has 3 heterocycles. The summed E-state index contributed by atoms with van der Waals surface area (Å²) < 4.78 is 42.8. The summed E-state index contributed by atoms with van der Waals surface area (Å²) in [7, 11) is -1.13. The summed E-state index contributed by atoms with van der Waals surface area (Å²) >= 11 is 0. The summed E-state index contributed by atoms with van der Waals surface area (Å²) in [5, 5.41) is 2.90.